The fourth-order valence-corrected chi connectivity index (χ4v) is 3.77. The zero-order valence-electron chi connectivity index (χ0n) is 13.7. The summed E-state index contributed by atoms with van der Waals surface area (Å²) in [6.07, 6.45) is 7.84. The standard InChI is InChI=1S/C17H31N3O/c1-3-9-19-17(14-18)8-4-5-16(12-17)20(2)13-15-6-10-21-11-7-15/h15-16,19H,3-13H2,1-2H3. The van der Waals surface area contributed by atoms with E-state index in [2.05, 4.69) is 30.3 Å². The molecule has 21 heavy (non-hydrogen) atoms. The summed E-state index contributed by atoms with van der Waals surface area (Å²) in [5.41, 5.74) is -0.289. The van der Waals surface area contributed by atoms with Crippen LogP contribution in [-0.4, -0.2) is 49.8 Å². The molecule has 0 aromatic carbocycles. The van der Waals surface area contributed by atoms with Gasteiger partial charge in [0.1, 0.15) is 5.54 Å². The van der Waals surface area contributed by atoms with Gasteiger partial charge in [0.25, 0.3) is 0 Å². The number of nitriles is 1. The summed E-state index contributed by atoms with van der Waals surface area (Å²) in [5.74, 6) is 0.769. The van der Waals surface area contributed by atoms with Crippen molar-refractivity contribution in [3.05, 3.63) is 0 Å². The van der Waals surface area contributed by atoms with Gasteiger partial charge in [-0.15, -0.1) is 0 Å². The third-order valence-electron chi connectivity index (χ3n) is 5.16. The first-order valence-electron chi connectivity index (χ1n) is 8.63. The lowest BCUT2D eigenvalue weighted by Gasteiger charge is -2.41. The summed E-state index contributed by atoms with van der Waals surface area (Å²) in [4.78, 5) is 2.51. The van der Waals surface area contributed by atoms with Crippen LogP contribution in [0.25, 0.3) is 0 Å². The molecule has 1 aliphatic carbocycles. The predicted octanol–water partition coefficient (Wildman–Crippen LogP) is 2.55. The molecule has 4 heteroatoms. The summed E-state index contributed by atoms with van der Waals surface area (Å²) in [6, 6.07) is 3.13. The van der Waals surface area contributed by atoms with Crippen molar-refractivity contribution >= 4 is 0 Å². The molecule has 1 heterocycles. The summed E-state index contributed by atoms with van der Waals surface area (Å²) in [6.45, 7) is 6.11. The number of hydrogen-bond acceptors (Lipinski definition) is 4. The molecular weight excluding hydrogens is 262 g/mol. The van der Waals surface area contributed by atoms with Crippen LogP contribution in [0.2, 0.25) is 0 Å². The lowest BCUT2D eigenvalue weighted by Crippen LogP contribution is -2.53. The van der Waals surface area contributed by atoms with Crippen LogP contribution < -0.4 is 5.32 Å². The van der Waals surface area contributed by atoms with Gasteiger partial charge >= 0.3 is 0 Å². The first kappa shape index (κ1) is 16.7. The molecule has 0 bridgehead atoms. The van der Waals surface area contributed by atoms with Gasteiger partial charge < -0.3 is 9.64 Å². The van der Waals surface area contributed by atoms with Gasteiger partial charge in [-0.3, -0.25) is 5.32 Å². The molecule has 0 aromatic rings. The zero-order valence-corrected chi connectivity index (χ0v) is 13.7. The van der Waals surface area contributed by atoms with Crippen molar-refractivity contribution in [2.24, 2.45) is 5.92 Å². The molecule has 4 nitrogen and oxygen atoms in total. The van der Waals surface area contributed by atoms with Crippen LogP contribution in [0.5, 0.6) is 0 Å². The molecule has 0 amide bonds. The molecule has 0 spiro atoms. The number of ether oxygens (including phenoxy) is 1. The highest BCUT2D eigenvalue weighted by molar-refractivity contribution is 5.11. The van der Waals surface area contributed by atoms with Gasteiger partial charge in [-0.25, -0.2) is 0 Å². The molecule has 120 valence electrons. The quantitative estimate of drug-likeness (QED) is 0.817. The first-order valence-corrected chi connectivity index (χ1v) is 8.63. The van der Waals surface area contributed by atoms with E-state index in [-0.39, 0.29) is 5.54 Å². The Bertz CT molecular complexity index is 348. The normalized spacial score (nSPS) is 31.2. The van der Waals surface area contributed by atoms with E-state index in [0.717, 1.165) is 57.9 Å². The van der Waals surface area contributed by atoms with E-state index in [0.29, 0.717) is 6.04 Å². The second-order valence-corrected chi connectivity index (χ2v) is 6.87. The minimum atomic E-state index is -0.289. The van der Waals surface area contributed by atoms with Gasteiger partial charge in [0, 0.05) is 25.8 Å². The van der Waals surface area contributed by atoms with Gasteiger partial charge in [-0.2, -0.15) is 5.26 Å². The lowest BCUT2D eigenvalue weighted by atomic mass is 9.79. The van der Waals surface area contributed by atoms with Crippen LogP contribution in [0.4, 0.5) is 0 Å². The van der Waals surface area contributed by atoms with E-state index in [4.69, 9.17) is 4.74 Å². The number of hydrogen-bond donors (Lipinski definition) is 1. The van der Waals surface area contributed by atoms with Crippen molar-refractivity contribution in [3.8, 4) is 6.07 Å². The highest BCUT2D eigenvalue weighted by Gasteiger charge is 2.37. The highest BCUT2D eigenvalue weighted by Crippen LogP contribution is 2.31. The summed E-state index contributed by atoms with van der Waals surface area (Å²) < 4.78 is 5.45. The van der Waals surface area contributed by atoms with E-state index in [1.54, 1.807) is 0 Å². The topological polar surface area (TPSA) is 48.3 Å². The average molecular weight is 293 g/mol. The van der Waals surface area contributed by atoms with Crippen molar-refractivity contribution in [3.63, 3.8) is 0 Å². The fraction of sp³-hybridized carbons (Fsp3) is 0.941. The Hall–Kier alpha value is -0.630. The van der Waals surface area contributed by atoms with Gasteiger partial charge in [-0.1, -0.05) is 6.92 Å². The van der Waals surface area contributed by atoms with Crippen LogP contribution >= 0.6 is 0 Å². The van der Waals surface area contributed by atoms with Crippen molar-refractivity contribution in [2.45, 2.75) is 63.5 Å². The molecule has 2 atom stereocenters. The summed E-state index contributed by atoms with van der Waals surface area (Å²) in [7, 11) is 2.24. The maximum Gasteiger partial charge on any atom is 0.108 e. The SMILES string of the molecule is CCCNC1(C#N)CCCC(N(C)CC2CCOCC2)C1. The lowest BCUT2D eigenvalue weighted by molar-refractivity contribution is 0.0436. The minimum absolute atomic E-state index is 0.289. The molecule has 0 radical (unpaired) electrons. The Kier molecular flexibility index (Phi) is 6.47. The maximum absolute atomic E-state index is 9.64. The van der Waals surface area contributed by atoms with Gasteiger partial charge in [0.15, 0.2) is 0 Å². The second-order valence-electron chi connectivity index (χ2n) is 6.87. The van der Waals surface area contributed by atoms with Crippen molar-refractivity contribution in [1.29, 1.82) is 5.26 Å². The van der Waals surface area contributed by atoms with Crippen molar-refractivity contribution in [1.82, 2.24) is 10.2 Å². The molecular formula is C17H31N3O. The molecule has 1 saturated carbocycles. The Morgan fingerprint density at radius 2 is 2.10 bits per heavy atom. The summed E-state index contributed by atoms with van der Waals surface area (Å²) in [5, 5.41) is 13.2. The molecule has 2 aliphatic rings. The van der Waals surface area contributed by atoms with Crippen LogP contribution in [0.3, 0.4) is 0 Å². The fourth-order valence-electron chi connectivity index (χ4n) is 3.77. The molecule has 0 aromatic heterocycles. The van der Waals surface area contributed by atoms with Crippen molar-refractivity contribution in [2.75, 3.05) is 33.4 Å². The van der Waals surface area contributed by atoms with Gasteiger partial charge in [-0.05, 0) is 64.5 Å². The van der Waals surface area contributed by atoms with Crippen LogP contribution in [0.1, 0.15) is 51.9 Å². The number of nitrogens with one attached hydrogen (secondary N) is 1. The third kappa shape index (κ3) is 4.67. The molecule has 1 saturated heterocycles. The Labute approximate surface area is 129 Å². The summed E-state index contributed by atoms with van der Waals surface area (Å²) >= 11 is 0. The molecule has 1 N–H and O–H groups in total. The molecule has 2 fully saturated rings. The Morgan fingerprint density at radius 1 is 1.33 bits per heavy atom. The predicted molar refractivity (Wildman–Crippen MR) is 85.1 cm³/mol. The van der Waals surface area contributed by atoms with E-state index in [9.17, 15) is 5.26 Å². The van der Waals surface area contributed by atoms with Gasteiger partial charge in [0.2, 0.25) is 0 Å². The van der Waals surface area contributed by atoms with Crippen LogP contribution in [0, 0.1) is 17.2 Å². The Balaban J connectivity index is 1.88. The molecule has 2 unspecified atom stereocenters. The molecule has 2 rings (SSSR count). The third-order valence-corrected chi connectivity index (χ3v) is 5.16. The average Bonchev–Trinajstić information content (AvgIpc) is 2.54. The van der Waals surface area contributed by atoms with E-state index in [1.165, 1.54) is 19.3 Å². The van der Waals surface area contributed by atoms with Gasteiger partial charge in [0.05, 0.1) is 6.07 Å². The van der Waals surface area contributed by atoms with E-state index >= 15 is 0 Å². The van der Waals surface area contributed by atoms with Crippen LogP contribution in [-0.2, 0) is 4.74 Å². The zero-order chi connectivity index (χ0) is 15.1. The smallest absolute Gasteiger partial charge is 0.108 e. The second kappa shape index (κ2) is 8.12. The number of rotatable bonds is 6. The maximum atomic E-state index is 9.64. The van der Waals surface area contributed by atoms with E-state index < -0.39 is 0 Å². The van der Waals surface area contributed by atoms with Crippen molar-refractivity contribution < 1.29 is 4.74 Å². The largest absolute Gasteiger partial charge is 0.381 e. The van der Waals surface area contributed by atoms with E-state index in [1.807, 2.05) is 0 Å². The number of nitrogens with zero attached hydrogens (tertiary/aromatic N) is 2. The Morgan fingerprint density at radius 3 is 2.76 bits per heavy atom. The highest BCUT2D eigenvalue weighted by atomic mass is 16.5. The molecule has 1 aliphatic heterocycles. The van der Waals surface area contributed by atoms with Crippen LogP contribution in [0.15, 0.2) is 0 Å². The first-order chi connectivity index (χ1) is 10.2. The minimum Gasteiger partial charge on any atom is -0.381 e. The monoisotopic (exact) mass is 293 g/mol.